The zero-order valence-corrected chi connectivity index (χ0v) is 14.7. The van der Waals surface area contributed by atoms with Crippen LogP contribution < -0.4 is 0 Å². The van der Waals surface area contributed by atoms with Gasteiger partial charge in [-0.1, -0.05) is 26.3 Å². The van der Waals surface area contributed by atoms with Gasteiger partial charge in [0.1, 0.15) is 0 Å². The highest BCUT2D eigenvalue weighted by atomic mass is 16.4. The lowest BCUT2D eigenvalue weighted by Crippen LogP contribution is -2.54. The largest absolute Gasteiger partial charge is 0.512 e. The van der Waals surface area contributed by atoms with E-state index in [1.807, 2.05) is 13.0 Å². The number of carboxylic acids is 1. The van der Waals surface area contributed by atoms with E-state index in [1.165, 1.54) is 5.57 Å². The van der Waals surface area contributed by atoms with Gasteiger partial charge in [0.25, 0.3) is 0 Å². The number of hydrogen-bond donors (Lipinski definition) is 2. The van der Waals surface area contributed by atoms with Gasteiger partial charge < -0.3 is 10.2 Å². The van der Waals surface area contributed by atoms with E-state index in [1.54, 1.807) is 0 Å². The molecule has 0 spiro atoms. The molecule has 3 rings (SSSR count). The van der Waals surface area contributed by atoms with E-state index in [0.29, 0.717) is 18.1 Å². The van der Waals surface area contributed by atoms with E-state index in [0.717, 1.165) is 38.5 Å². The van der Waals surface area contributed by atoms with Crippen molar-refractivity contribution in [2.45, 2.75) is 65.7 Å². The first-order chi connectivity index (χ1) is 10.7. The monoisotopic (exact) mass is 318 g/mol. The molecule has 3 aliphatic carbocycles. The van der Waals surface area contributed by atoms with Crippen LogP contribution in [0.4, 0.5) is 0 Å². The zero-order valence-electron chi connectivity index (χ0n) is 14.7. The molecule has 2 fully saturated rings. The molecule has 0 heterocycles. The fraction of sp³-hybridized carbons (Fsp3) is 0.750. The maximum absolute atomic E-state index is 12.0. The van der Waals surface area contributed by atoms with Gasteiger partial charge in [-0.3, -0.25) is 4.79 Å². The van der Waals surface area contributed by atoms with Crippen molar-refractivity contribution in [3.63, 3.8) is 0 Å². The van der Waals surface area contributed by atoms with Crippen molar-refractivity contribution < 1.29 is 15.0 Å². The third-order valence-electron chi connectivity index (χ3n) is 7.54. The molecule has 3 nitrogen and oxygen atoms in total. The molecule has 3 heteroatoms. The van der Waals surface area contributed by atoms with Gasteiger partial charge in [0.15, 0.2) is 0 Å². The highest BCUT2D eigenvalue weighted by molar-refractivity contribution is 5.75. The van der Waals surface area contributed by atoms with Gasteiger partial charge in [0, 0.05) is 6.42 Å². The van der Waals surface area contributed by atoms with Crippen molar-refractivity contribution >= 4 is 5.97 Å². The Hall–Kier alpha value is -1.25. The number of hydrogen-bond acceptors (Lipinski definition) is 2. The fourth-order valence-electron chi connectivity index (χ4n) is 5.87. The molecule has 0 aromatic heterocycles. The number of carboxylic acid groups (broad SMARTS) is 1. The third-order valence-corrected chi connectivity index (χ3v) is 7.54. The predicted molar refractivity (Wildman–Crippen MR) is 91.1 cm³/mol. The lowest BCUT2D eigenvalue weighted by molar-refractivity contribution is -0.164. The molecule has 2 N–H and O–H groups in total. The minimum absolute atomic E-state index is 0.00451. The summed E-state index contributed by atoms with van der Waals surface area (Å²) in [5.41, 5.74) is 0.529. The van der Waals surface area contributed by atoms with E-state index >= 15 is 0 Å². The van der Waals surface area contributed by atoms with E-state index in [9.17, 15) is 15.0 Å². The maximum Gasteiger partial charge on any atom is 0.309 e. The summed E-state index contributed by atoms with van der Waals surface area (Å²) in [6, 6.07) is 0. The van der Waals surface area contributed by atoms with E-state index in [-0.39, 0.29) is 16.7 Å². The molecular formula is C20H30O3. The summed E-state index contributed by atoms with van der Waals surface area (Å²) in [5, 5.41) is 20.6. The molecule has 0 saturated heterocycles. The lowest BCUT2D eigenvalue weighted by atomic mass is 9.45. The minimum Gasteiger partial charge on any atom is -0.512 e. The molecule has 2 saturated carbocycles. The number of allylic oxidation sites excluding steroid dienone is 3. The second-order valence-electron chi connectivity index (χ2n) is 8.94. The molecule has 5 atom stereocenters. The van der Waals surface area contributed by atoms with Crippen LogP contribution >= 0.6 is 0 Å². The molecule has 0 radical (unpaired) electrons. The smallest absolute Gasteiger partial charge is 0.309 e. The van der Waals surface area contributed by atoms with Gasteiger partial charge in [-0.15, -0.1) is 6.58 Å². The molecule has 0 aromatic carbocycles. The number of fused-ring (bicyclic) bond motifs is 3. The molecule has 2 unspecified atom stereocenters. The maximum atomic E-state index is 12.0. The van der Waals surface area contributed by atoms with Crippen LogP contribution in [-0.4, -0.2) is 16.2 Å². The molecule has 0 amide bonds. The molecule has 0 bridgehead atoms. The molecular weight excluding hydrogens is 288 g/mol. The summed E-state index contributed by atoms with van der Waals surface area (Å²) >= 11 is 0. The van der Waals surface area contributed by atoms with Crippen LogP contribution in [0.2, 0.25) is 0 Å². The number of aliphatic hydroxyl groups excluding tert-OH is 1. The summed E-state index contributed by atoms with van der Waals surface area (Å²) < 4.78 is 0. The second kappa shape index (κ2) is 5.12. The number of aliphatic carboxylic acids is 1. The molecule has 23 heavy (non-hydrogen) atoms. The lowest BCUT2D eigenvalue weighted by Gasteiger charge is -2.58. The van der Waals surface area contributed by atoms with Crippen LogP contribution in [0.5, 0.6) is 0 Å². The summed E-state index contributed by atoms with van der Waals surface area (Å²) in [4.78, 5) is 12.0. The number of rotatable bonds is 2. The van der Waals surface area contributed by atoms with Gasteiger partial charge in [-0.05, 0) is 67.3 Å². The first-order valence-electron chi connectivity index (χ1n) is 8.94. The Morgan fingerprint density at radius 3 is 2.57 bits per heavy atom. The SMILES string of the molecule is C=C[C@@]1(C)CCC2C(=C(O)CC3[C@]2(C)CCC[C@@]3(C)C(=O)O)C1. The Morgan fingerprint density at radius 1 is 1.26 bits per heavy atom. The van der Waals surface area contributed by atoms with Gasteiger partial charge >= 0.3 is 5.97 Å². The van der Waals surface area contributed by atoms with Gasteiger partial charge in [-0.25, -0.2) is 0 Å². The quantitative estimate of drug-likeness (QED) is 0.697. The Bertz CT molecular complexity index is 577. The van der Waals surface area contributed by atoms with Gasteiger partial charge in [0.05, 0.1) is 11.2 Å². The second-order valence-corrected chi connectivity index (χ2v) is 8.94. The predicted octanol–water partition coefficient (Wildman–Crippen LogP) is 5.09. The summed E-state index contributed by atoms with van der Waals surface area (Å²) in [5.74, 6) is 0.132. The van der Waals surface area contributed by atoms with Crippen molar-refractivity contribution in [3.05, 3.63) is 24.0 Å². The number of carbonyl (C=O) groups is 1. The van der Waals surface area contributed by atoms with Gasteiger partial charge in [0.2, 0.25) is 0 Å². The van der Waals surface area contributed by atoms with Crippen LogP contribution in [0.3, 0.4) is 0 Å². The zero-order chi connectivity index (χ0) is 17.0. The normalized spacial score (nSPS) is 46.7. The molecule has 128 valence electrons. The Balaban J connectivity index is 2.05. The molecule has 0 aliphatic heterocycles. The van der Waals surface area contributed by atoms with Gasteiger partial charge in [-0.2, -0.15) is 0 Å². The molecule has 0 aromatic rings. The Kier molecular flexibility index (Phi) is 3.70. The minimum atomic E-state index is -0.717. The van der Waals surface area contributed by atoms with Crippen LogP contribution in [0.15, 0.2) is 24.0 Å². The van der Waals surface area contributed by atoms with Crippen molar-refractivity contribution in [2.75, 3.05) is 0 Å². The highest BCUT2D eigenvalue weighted by Crippen LogP contribution is 2.64. The first kappa shape index (κ1) is 16.6. The highest BCUT2D eigenvalue weighted by Gasteiger charge is 2.59. The van der Waals surface area contributed by atoms with Crippen molar-refractivity contribution in [1.82, 2.24) is 0 Å². The van der Waals surface area contributed by atoms with Crippen molar-refractivity contribution in [3.8, 4) is 0 Å². The Morgan fingerprint density at radius 2 is 1.96 bits per heavy atom. The summed E-state index contributed by atoms with van der Waals surface area (Å²) in [6.07, 6.45) is 8.31. The van der Waals surface area contributed by atoms with Crippen LogP contribution in [0.1, 0.15) is 65.7 Å². The average Bonchev–Trinajstić information content (AvgIpc) is 2.50. The van der Waals surface area contributed by atoms with E-state index in [2.05, 4.69) is 20.4 Å². The summed E-state index contributed by atoms with van der Waals surface area (Å²) in [6.45, 7) is 10.4. The standard InChI is InChI=1S/C20H30O3/c1-5-18(2)10-7-14-13(12-18)15(21)11-16-19(14,3)8-6-9-20(16,4)17(22)23/h5,14,16,21H,1,6-12H2,2-4H3,(H,22,23)/t14?,16?,18-,19+,20+/m0/s1. The van der Waals surface area contributed by atoms with Crippen LogP contribution in [0.25, 0.3) is 0 Å². The van der Waals surface area contributed by atoms with Crippen molar-refractivity contribution in [2.24, 2.45) is 28.1 Å². The topological polar surface area (TPSA) is 57.5 Å². The third kappa shape index (κ3) is 2.27. The number of aliphatic hydroxyl groups is 1. The average molecular weight is 318 g/mol. The van der Waals surface area contributed by atoms with Crippen molar-refractivity contribution in [1.29, 1.82) is 0 Å². The van der Waals surface area contributed by atoms with Crippen LogP contribution in [-0.2, 0) is 4.79 Å². The summed E-state index contributed by atoms with van der Waals surface area (Å²) in [7, 11) is 0. The van der Waals surface area contributed by atoms with E-state index < -0.39 is 11.4 Å². The Labute approximate surface area is 139 Å². The fourth-order valence-corrected chi connectivity index (χ4v) is 5.87. The van der Waals surface area contributed by atoms with Crippen LogP contribution in [0, 0.1) is 28.1 Å². The first-order valence-corrected chi connectivity index (χ1v) is 8.94. The van der Waals surface area contributed by atoms with E-state index in [4.69, 9.17) is 0 Å². The molecule has 3 aliphatic rings.